The average Bonchev–Trinajstić information content (AvgIpc) is 2.47. The molecule has 3 heterocycles. The van der Waals surface area contributed by atoms with E-state index in [-0.39, 0.29) is 0 Å². The molecule has 2 fully saturated rings. The Morgan fingerprint density at radius 1 is 1.14 bits per heavy atom. The van der Waals surface area contributed by atoms with Gasteiger partial charge in [0.1, 0.15) is 0 Å². The van der Waals surface area contributed by atoms with E-state index in [9.17, 15) is 8.42 Å². The van der Waals surface area contributed by atoms with Crippen LogP contribution in [0.3, 0.4) is 0 Å². The van der Waals surface area contributed by atoms with Crippen LogP contribution in [0.15, 0.2) is 18.3 Å². The highest BCUT2D eigenvalue weighted by molar-refractivity contribution is 7.91. The third-order valence-electron chi connectivity index (χ3n) is 4.61. The zero-order chi connectivity index (χ0) is 14.9. The Morgan fingerprint density at radius 2 is 1.81 bits per heavy atom. The molecule has 0 saturated carbocycles. The smallest absolute Gasteiger partial charge is 0.152 e. The van der Waals surface area contributed by atoms with Crippen LogP contribution in [0.25, 0.3) is 0 Å². The Kier molecular flexibility index (Phi) is 4.17. The van der Waals surface area contributed by atoms with Crippen LogP contribution in [-0.4, -0.2) is 62.0 Å². The van der Waals surface area contributed by atoms with Crippen molar-refractivity contribution in [2.75, 3.05) is 42.6 Å². The number of aryl methyl sites for hydroxylation is 1. The monoisotopic (exact) mass is 309 g/mol. The number of aromatic nitrogens is 1. The fraction of sp³-hybridized carbons (Fsp3) is 0.667. The summed E-state index contributed by atoms with van der Waals surface area (Å²) >= 11 is 0. The number of hydrogen-bond donors (Lipinski definition) is 0. The molecule has 0 bridgehead atoms. The number of hydrogen-bond acceptors (Lipinski definition) is 5. The van der Waals surface area contributed by atoms with Gasteiger partial charge >= 0.3 is 0 Å². The van der Waals surface area contributed by atoms with Crippen molar-refractivity contribution in [3.63, 3.8) is 0 Å². The van der Waals surface area contributed by atoms with Crippen LogP contribution in [0.1, 0.15) is 18.5 Å². The minimum atomic E-state index is -2.77. The molecule has 0 atom stereocenters. The summed E-state index contributed by atoms with van der Waals surface area (Å²) in [6.45, 7) is 5.52. The molecule has 2 aliphatic rings. The minimum Gasteiger partial charge on any atom is -0.371 e. The highest BCUT2D eigenvalue weighted by Crippen LogP contribution is 2.23. The second-order valence-electron chi connectivity index (χ2n) is 6.06. The molecule has 21 heavy (non-hydrogen) atoms. The first-order valence-electron chi connectivity index (χ1n) is 7.66. The SMILES string of the molecule is Cc1cc(N2CCC(N3CCS(=O)(=O)CC3)CC2)ccn1. The predicted molar refractivity (Wildman–Crippen MR) is 84.4 cm³/mol. The summed E-state index contributed by atoms with van der Waals surface area (Å²) in [5.41, 5.74) is 2.30. The van der Waals surface area contributed by atoms with Crippen molar-refractivity contribution >= 4 is 15.5 Å². The Morgan fingerprint density at radius 3 is 2.43 bits per heavy atom. The van der Waals surface area contributed by atoms with Gasteiger partial charge < -0.3 is 4.90 Å². The van der Waals surface area contributed by atoms with E-state index in [0.717, 1.165) is 31.6 Å². The summed E-state index contributed by atoms with van der Waals surface area (Å²) in [7, 11) is -2.77. The van der Waals surface area contributed by atoms with Gasteiger partial charge in [-0.3, -0.25) is 9.88 Å². The van der Waals surface area contributed by atoms with Crippen LogP contribution in [0.5, 0.6) is 0 Å². The maximum absolute atomic E-state index is 11.5. The highest BCUT2D eigenvalue weighted by atomic mass is 32.2. The zero-order valence-electron chi connectivity index (χ0n) is 12.5. The predicted octanol–water partition coefficient (Wildman–Crippen LogP) is 1.09. The van der Waals surface area contributed by atoms with Crippen molar-refractivity contribution in [2.24, 2.45) is 0 Å². The maximum atomic E-state index is 11.5. The van der Waals surface area contributed by atoms with Gasteiger partial charge in [0.15, 0.2) is 9.84 Å². The Bertz CT molecular complexity index is 581. The largest absolute Gasteiger partial charge is 0.371 e. The van der Waals surface area contributed by atoms with Gasteiger partial charge in [-0.15, -0.1) is 0 Å². The van der Waals surface area contributed by atoms with Gasteiger partial charge in [0.25, 0.3) is 0 Å². The van der Waals surface area contributed by atoms with Crippen molar-refractivity contribution in [3.8, 4) is 0 Å². The molecule has 6 heteroatoms. The quantitative estimate of drug-likeness (QED) is 0.818. The zero-order valence-corrected chi connectivity index (χ0v) is 13.3. The molecular weight excluding hydrogens is 286 g/mol. The first-order valence-corrected chi connectivity index (χ1v) is 9.48. The molecule has 1 aromatic rings. The Balaban J connectivity index is 1.56. The number of sulfone groups is 1. The minimum absolute atomic E-state index is 0.330. The van der Waals surface area contributed by atoms with Gasteiger partial charge in [-0.05, 0) is 31.9 Å². The fourth-order valence-electron chi connectivity index (χ4n) is 3.31. The molecule has 0 spiro atoms. The second kappa shape index (κ2) is 5.93. The number of nitrogens with zero attached hydrogens (tertiary/aromatic N) is 3. The molecule has 0 radical (unpaired) electrons. The Hall–Kier alpha value is -1.14. The van der Waals surface area contributed by atoms with E-state index < -0.39 is 9.84 Å². The van der Waals surface area contributed by atoms with E-state index in [4.69, 9.17) is 0 Å². The van der Waals surface area contributed by atoms with E-state index in [1.54, 1.807) is 0 Å². The first kappa shape index (κ1) is 14.8. The lowest BCUT2D eigenvalue weighted by atomic mass is 10.0. The normalized spacial score (nSPS) is 24.1. The average molecular weight is 309 g/mol. The molecule has 2 aliphatic heterocycles. The molecule has 0 unspecified atom stereocenters. The third-order valence-corrected chi connectivity index (χ3v) is 6.21. The summed E-state index contributed by atoms with van der Waals surface area (Å²) in [5, 5.41) is 0. The van der Waals surface area contributed by atoms with E-state index in [1.165, 1.54) is 5.69 Å². The Labute approximate surface area is 126 Å². The highest BCUT2D eigenvalue weighted by Gasteiger charge is 2.29. The van der Waals surface area contributed by atoms with E-state index >= 15 is 0 Å². The summed E-state index contributed by atoms with van der Waals surface area (Å²) in [5.74, 6) is 0.660. The van der Waals surface area contributed by atoms with Crippen LogP contribution < -0.4 is 4.90 Å². The molecule has 1 aromatic heterocycles. The van der Waals surface area contributed by atoms with Crippen LogP contribution in [-0.2, 0) is 9.84 Å². The summed E-state index contributed by atoms with van der Waals surface area (Å²) < 4.78 is 23.0. The topological polar surface area (TPSA) is 53.5 Å². The van der Waals surface area contributed by atoms with Gasteiger partial charge in [0.05, 0.1) is 11.5 Å². The molecular formula is C15H23N3O2S. The van der Waals surface area contributed by atoms with Gasteiger partial charge in [0.2, 0.25) is 0 Å². The van der Waals surface area contributed by atoms with Gasteiger partial charge in [0, 0.05) is 49.8 Å². The van der Waals surface area contributed by atoms with E-state index in [1.807, 2.05) is 13.1 Å². The van der Waals surface area contributed by atoms with Crippen molar-refractivity contribution in [1.82, 2.24) is 9.88 Å². The molecule has 0 aromatic carbocycles. The molecule has 0 amide bonds. The van der Waals surface area contributed by atoms with Gasteiger partial charge in [-0.2, -0.15) is 0 Å². The van der Waals surface area contributed by atoms with Crippen LogP contribution in [0, 0.1) is 6.92 Å². The summed E-state index contributed by atoms with van der Waals surface area (Å²) in [6, 6.07) is 4.74. The van der Waals surface area contributed by atoms with Crippen molar-refractivity contribution in [1.29, 1.82) is 0 Å². The molecule has 0 aliphatic carbocycles. The van der Waals surface area contributed by atoms with Crippen molar-refractivity contribution < 1.29 is 8.42 Å². The van der Waals surface area contributed by atoms with Gasteiger partial charge in [-0.1, -0.05) is 0 Å². The maximum Gasteiger partial charge on any atom is 0.152 e. The standard InChI is InChI=1S/C15H23N3O2S/c1-13-12-15(2-5-16-13)17-6-3-14(4-7-17)18-8-10-21(19,20)11-9-18/h2,5,12,14H,3-4,6-11H2,1H3. The lowest BCUT2D eigenvalue weighted by Crippen LogP contribution is -2.50. The molecule has 2 saturated heterocycles. The van der Waals surface area contributed by atoms with Crippen molar-refractivity contribution in [2.45, 2.75) is 25.8 Å². The number of anilines is 1. The summed E-state index contributed by atoms with van der Waals surface area (Å²) in [6.07, 6.45) is 4.09. The van der Waals surface area contributed by atoms with Crippen LogP contribution >= 0.6 is 0 Å². The van der Waals surface area contributed by atoms with E-state index in [0.29, 0.717) is 30.6 Å². The third kappa shape index (κ3) is 3.55. The molecule has 3 rings (SSSR count). The summed E-state index contributed by atoms with van der Waals surface area (Å²) in [4.78, 5) is 9.02. The van der Waals surface area contributed by atoms with E-state index in [2.05, 4.69) is 26.9 Å². The fourth-order valence-corrected chi connectivity index (χ4v) is 4.54. The van der Waals surface area contributed by atoms with Crippen LogP contribution in [0.2, 0.25) is 0 Å². The van der Waals surface area contributed by atoms with Crippen molar-refractivity contribution in [3.05, 3.63) is 24.0 Å². The number of rotatable bonds is 2. The molecule has 0 N–H and O–H groups in total. The lowest BCUT2D eigenvalue weighted by molar-refractivity contribution is 0.182. The second-order valence-corrected chi connectivity index (χ2v) is 8.37. The first-order chi connectivity index (χ1) is 10.0. The van der Waals surface area contributed by atoms with Crippen LogP contribution in [0.4, 0.5) is 5.69 Å². The van der Waals surface area contributed by atoms with Gasteiger partial charge in [-0.25, -0.2) is 8.42 Å². The number of piperidine rings is 1. The number of pyridine rings is 1. The molecule has 116 valence electrons. The molecule has 5 nitrogen and oxygen atoms in total. The lowest BCUT2D eigenvalue weighted by Gasteiger charge is -2.40.